The molecule has 57 heavy (non-hydrogen) atoms. The Labute approximate surface area is 343 Å². The second kappa shape index (κ2) is 34.9. The van der Waals surface area contributed by atoms with Crippen molar-refractivity contribution in [2.24, 2.45) is 0 Å². The van der Waals surface area contributed by atoms with Gasteiger partial charge >= 0.3 is 13.8 Å². The van der Waals surface area contributed by atoms with E-state index < -0.39 is 63.1 Å². The van der Waals surface area contributed by atoms with Gasteiger partial charge < -0.3 is 39.9 Å². The molecule has 0 spiro atoms. The second-order valence-electron chi connectivity index (χ2n) is 14.8. The lowest BCUT2D eigenvalue weighted by atomic mass is 9.85. The zero-order chi connectivity index (χ0) is 42.0. The highest BCUT2D eigenvalue weighted by molar-refractivity contribution is 7.47. The van der Waals surface area contributed by atoms with Gasteiger partial charge in [-0.1, -0.05) is 145 Å². The number of ether oxygens (including phenoxy) is 2. The predicted molar refractivity (Wildman–Crippen MR) is 225 cm³/mol. The van der Waals surface area contributed by atoms with E-state index >= 15 is 0 Å². The van der Waals surface area contributed by atoms with Crippen LogP contribution in [0.15, 0.2) is 60.8 Å². The monoisotopic (exact) mass is 829 g/mol. The summed E-state index contributed by atoms with van der Waals surface area (Å²) in [7, 11) is -5.02. The SMILES string of the molecule is CC/C=C\C/C=C\C/C=C\C/C=C\C/C=C\CCCCCCOCC(COP(=O)(O)OC1C(O)C(O)C(O)C(O)C1O)OC(=O)CCCCCCCCCCCC. The molecule has 1 rings (SSSR count). The number of aliphatic hydroxyl groups is 5. The number of allylic oxidation sites excluding steroid dienone is 10. The Morgan fingerprint density at radius 3 is 1.58 bits per heavy atom. The fraction of sp³-hybridized carbons (Fsp3) is 0.750. The maximum atomic E-state index is 12.8. The van der Waals surface area contributed by atoms with Crippen molar-refractivity contribution in [3.8, 4) is 0 Å². The first-order valence-corrected chi connectivity index (χ1v) is 23.1. The molecule has 330 valence electrons. The van der Waals surface area contributed by atoms with E-state index in [9.17, 15) is 39.8 Å². The Bertz CT molecular complexity index is 1170. The molecule has 0 heterocycles. The van der Waals surface area contributed by atoms with Crippen LogP contribution in [0.5, 0.6) is 0 Å². The van der Waals surface area contributed by atoms with Gasteiger partial charge in [-0.05, 0) is 57.8 Å². The van der Waals surface area contributed by atoms with Gasteiger partial charge in [0.05, 0.1) is 13.2 Å². The number of carbonyl (C=O) groups is 1. The summed E-state index contributed by atoms with van der Waals surface area (Å²) >= 11 is 0. The number of hydrogen-bond acceptors (Lipinski definition) is 11. The summed E-state index contributed by atoms with van der Waals surface area (Å²) in [5.74, 6) is -0.492. The highest BCUT2D eigenvalue weighted by Crippen LogP contribution is 2.47. The van der Waals surface area contributed by atoms with Crippen molar-refractivity contribution in [2.45, 2.75) is 191 Å². The smallest absolute Gasteiger partial charge is 0.457 e. The van der Waals surface area contributed by atoms with Crippen LogP contribution in [0, 0.1) is 0 Å². The van der Waals surface area contributed by atoms with Crippen molar-refractivity contribution in [1.82, 2.24) is 0 Å². The average molecular weight is 829 g/mol. The molecule has 13 heteroatoms. The Morgan fingerprint density at radius 2 is 1.04 bits per heavy atom. The van der Waals surface area contributed by atoms with Crippen molar-refractivity contribution >= 4 is 13.8 Å². The third-order valence-electron chi connectivity index (χ3n) is 9.65. The lowest BCUT2D eigenvalue weighted by Crippen LogP contribution is -2.64. The summed E-state index contributed by atoms with van der Waals surface area (Å²) < 4.78 is 34.0. The minimum atomic E-state index is -5.02. The van der Waals surface area contributed by atoms with E-state index in [4.69, 9.17) is 18.5 Å². The third kappa shape index (κ3) is 27.4. The molecule has 1 saturated carbocycles. The summed E-state index contributed by atoms with van der Waals surface area (Å²) in [6, 6.07) is 0. The molecule has 0 radical (unpaired) electrons. The summed E-state index contributed by atoms with van der Waals surface area (Å²) in [6.07, 6.45) is 30.2. The van der Waals surface area contributed by atoms with E-state index in [1.165, 1.54) is 38.5 Å². The quantitative estimate of drug-likeness (QED) is 0.0155. The van der Waals surface area contributed by atoms with Crippen LogP contribution in [-0.2, 0) is 27.9 Å². The Balaban J connectivity index is 2.42. The molecular formula is C44H77O12P. The van der Waals surface area contributed by atoms with Crippen molar-refractivity contribution in [2.75, 3.05) is 19.8 Å². The molecule has 0 amide bonds. The molecule has 0 bridgehead atoms. The van der Waals surface area contributed by atoms with E-state index in [1.807, 2.05) is 0 Å². The van der Waals surface area contributed by atoms with Crippen molar-refractivity contribution in [1.29, 1.82) is 0 Å². The molecule has 12 nitrogen and oxygen atoms in total. The van der Waals surface area contributed by atoms with E-state index in [2.05, 4.69) is 74.6 Å². The van der Waals surface area contributed by atoms with Gasteiger partial charge in [-0.25, -0.2) is 4.57 Å². The minimum absolute atomic E-state index is 0.0951. The van der Waals surface area contributed by atoms with Crippen LogP contribution in [0.2, 0.25) is 0 Å². The maximum absolute atomic E-state index is 12.8. The van der Waals surface area contributed by atoms with Crippen LogP contribution < -0.4 is 0 Å². The normalized spacial score (nSPS) is 23.4. The van der Waals surface area contributed by atoms with Crippen LogP contribution in [0.1, 0.15) is 149 Å². The molecule has 6 unspecified atom stereocenters. The maximum Gasteiger partial charge on any atom is 0.472 e. The summed E-state index contributed by atoms with van der Waals surface area (Å²) in [4.78, 5) is 23.0. The minimum Gasteiger partial charge on any atom is -0.457 e. The summed E-state index contributed by atoms with van der Waals surface area (Å²) in [5.41, 5.74) is 0. The molecule has 0 aromatic heterocycles. The molecule has 1 fully saturated rings. The van der Waals surface area contributed by atoms with Crippen LogP contribution >= 0.6 is 7.82 Å². The molecule has 1 aliphatic carbocycles. The van der Waals surface area contributed by atoms with Crippen LogP contribution in [0.4, 0.5) is 0 Å². The van der Waals surface area contributed by atoms with Gasteiger partial charge in [-0.3, -0.25) is 13.8 Å². The third-order valence-corrected chi connectivity index (χ3v) is 10.6. The van der Waals surface area contributed by atoms with Gasteiger partial charge in [0.15, 0.2) is 0 Å². The molecule has 0 aliphatic heterocycles. The van der Waals surface area contributed by atoms with E-state index in [-0.39, 0.29) is 13.0 Å². The molecular weight excluding hydrogens is 751 g/mol. The number of unbranched alkanes of at least 4 members (excludes halogenated alkanes) is 13. The van der Waals surface area contributed by atoms with Crippen molar-refractivity contribution in [3.05, 3.63) is 60.8 Å². The molecule has 1 aliphatic rings. The van der Waals surface area contributed by atoms with Crippen molar-refractivity contribution < 1.29 is 58.3 Å². The zero-order valence-electron chi connectivity index (χ0n) is 34.9. The highest BCUT2D eigenvalue weighted by atomic mass is 31.2. The van der Waals surface area contributed by atoms with Gasteiger partial charge in [-0.15, -0.1) is 0 Å². The van der Waals surface area contributed by atoms with Gasteiger partial charge in [0.2, 0.25) is 0 Å². The molecule has 6 N–H and O–H groups in total. The molecule has 0 aromatic rings. The Morgan fingerprint density at radius 1 is 0.579 bits per heavy atom. The number of esters is 1. The Kier molecular flexibility index (Phi) is 32.4. The Hall–Kier alpha value is -1.96. The predicted octanol–water partition coefficient (Wildman–Crippen LogP) is 8.25. The first-order valence-electron chi connectivity index (χ1n) is 21.6. The van der Waals surface area contributed by atoms with Gasteiger partial charge in [-0.2, -0.15) is 0 Å². The van der Waals surface area contributed by atoms with E-state index in [0.29, 0.717) is 13.0 Å². The van der Waals surface area contributed by atoms with Crippen LogP contribution in [-0.4, -0.2) is 98.9 Å². The fourth-order valence-corrected chi connectivity index (χ4v) is 7.18. The first kappa shape index (κ1) is 53.1. The van der Waals surface area contributed by atoms with Gasteiger partial charge in [0.25, 0.3) is 0 Å². The number of phosphoric ester groups is 1. The summed E-state index contributed by atoms with van der Waals surface area (Å²) in [6.45, 7) is 4.05. The number of hydrogen-bond donors (Lipinski definition) is 6. The molecule has 0 saturated heterocycles. The lowest BCUT2D eigenvalue weighted by molar-refractivity contribution is -0.220. The van der Waals surface area contributed by atoms with Crippen LogP contribution in [0.25, 0.3) is 0 Å². The highest BCUT2D eigenvalue weighted by Gasteiger charge is 2.51. The number of phosphoric acid groups is 1. The number of aliphatic hydroxyl groups excluding tert-OH is 5. The largest absolute Gasteiger partial charge is 0.472 e. The lowest BCUT2D eigenvalue weighted by Gasteiger charge is -2.41. The molecule has 0 aromatic carbocycles. The number of rotatable bonds is 35. The fourth-order valence-electron chi connectivity index (χ4n) is 6.20. The average Bonchev–Trinajstić information content (AvgIpc) is 3.19. The van der Waals surface area contributed by atoms with Gasteiger partial charge in [0, 0.05) is 13.0 Å². The van der Waals surface area contributed by atoms with Crippen LogP contribution in [0.3, 0.4) is 0 Å². The standard InChI is InChI=1S/C44H77O12P/c1-3-5-7-9-11-13-15-16-17-18-19-20-21-22-23-24-26-28-30-32-34-53-35-37(55-38(45)33-31-29-27-25-14-12-10-8-6-4-2)36-54-57(51,52)56-44-42(49)40(47)39(46)41(48)43(44)50/h5,7,11,13,16-17,19-20,22-23,37,39-44,46-50H,3-4,6,8-10,12,14-15,18,21,24-36H2,1-2H3,(H,51,52)/b7-5-,13-11-,17-16-,20-19-,23-22-. The number of carbonyl (C=O) groups excluding carboxylic acids is 1. The van der Waals surface area contributed by atoms with Gasteiger partial charge in [0.1, 0.15) is 42.7 Å². The topological polar surface area (TPSA) is 192 Å². The molecule has 6 atom stereocenters. The first-order chi connectivity index (χ1) is 27.5. The second-order valence-corrected chi connectivity index (χ2v) is 16.2. The van der Waals surface area contributed by atoms with E-state index in [1.54, 1.807) is 0 Å². The summed E-state index contributed by atoms with van der Waals surface area (Å²) in [5, 5.41) is 50.0. The zero-order valence-corrected chi connectivity index (χ0v) is 35.8. The van der Waals surface area contributed by atoms with Crippen molar-refractivity contribution in [3.63, 3.8) is 0 Å². The van der Waals surface area contributed by atoms with E-state index in [0.717, 1.165) is 83.5 Å².